The van der Waals surface area contributed by atoms with Crippen molar-refractivity contribution < 1.29 is 22.0 Å². The van der Waals surface area contributed by atoms with E-state index in [1.165, 1.54) is 6.20 Å². The number of ketones is 1. The van der Waals surface area contributed by atoms with Crippen molar-refractivity contribution in [2.45, 2.75) is 44.3 Å². The van der Waals surface area contributed by atoms with E-state index in [4.69, 9.17) is 0 Å². The van der Waals surface area contributed by atoms with Crippen LogP contribution in [0.4, 0.5) is 14.5 Å². The first kappa shape index (κ1) is 20.5. The Morgan fingerprint density at radius 2 is 1.93 bits per heavy atom. The number of H-pyrrole nitrogens is 1. The molecule has 0 unspecified atom stereocenters. The molecule has 1 aromatic carbocycles. The number of nitrogens with zero attached hydrogens (tertiary/aromatic N) is 1. The zero-order chi connectivity index (χ0) is 21.5. The minimum absolute atomic E-state index is 0.0614. The maximum absolute atomic E-state index is 15.1. The third kappa shape index (κ3) is 3.69. The molecule has 9 heteroatoms. The number of pyridine rings is 1. The van der Waals surface area contributed by atoms with Crippen molar-refractivity contribution in [2.24, 2.45) is 0 Å². The van der Waals surface area contributed by atoms with Gasteiger partial charge in [0, 0.05) is 23.3 Å². The van der Waals surface area contributed by atoms with Gasteiger partial charge in [0.05, 0.1) is 16.5 Å². The summed E-state index contributed by atoms with van der Waals surface area (Å²) in [4.78, 5) is 20.0. The Bertz CT molecular complexity index is 1230. The van der Waals surface area contributed by atoms with Crippen molar-refractivity contribution in [3.05, 3.63) is 58.9 Å². The van der Waals surface area contributed by atoms with Crippen molar-refractivity contribution >= 4 is 32.5 Å². The molecule has 1 saturated carbocycles. The minimum atomic E-state index is -3.85. The van der Waals surface area contributed by atoms with Gasteiger partial charge in [0.15, 0.2) is 5.82 Å². The van der Waals surface area contributed by atoms with Crippen LogP contribution in [-0.4, -0.2) is 29.4 Å². The normalized spacial score (nSPS) is 15.4. The van der Waals surface area contributed by atoms with Gasteiger partial charge in [0.25, 0.3) is 0 Å². The third-order valence-electron chi connectivity index (χ3n) is 5.47. The van der Waals surface area contributed by atoms with Crippen LogP contribution >= 0.6 is 0 Å². The molecule has 0 atom stereocenters. The molecule has 6 nitrogen and oxygen atoms in total. The van der Waals surface area contributed by atoms with Gasteiger partial charge in [-0.15, -0.1) is 0 Å². The summed E-state index contributed by atoms with van der Waals surface area (Å²) in [7, 11) is -3.85. The second-order valence-electron chi connectivity index (χ2n) is 7.63. The maximum atomic E-state index is 15.1. The molecule has 4 rings (SSSR count). The van der Waals surface area contributed by atoms with E-state index in [9.17, 15) is 17.6 Å². The second kappa shape index (κ2) is 7.79. The topological polar surface area (TPSA) is 91.9 Å². The van der Waals surface area contributed by atoms with Crippen LogP contribution in [0.3, 0.4) is 0 Å². The molecule has 0 amide bonds. The van der Waals surface area contributed by atoms with E-state index in [0.29, 0.717) is 23.9 Å². The lowest BCUT2D eigenvalue weighted by Crippen LogP contribution is -2.30. The van der Waals surface area contributed by atoms with E-state index in [2.05, 4.69) is 14.7 Å². The third-order valence-corrected chi connectivity index (χ3v) is 7.33. The Labute approximate surface area is 172 Å². The van der Waals surface area contributed by atoms with E-state index < -0.39 is 43.9 Å². The molecule has 1 aliphatic rings. The number of rotatable bonds is 5. The molecule has 0 aliphatic heterocycles. The van der Waals surface area contributed by atoms with E-state index in [0.717, 1.165) is 37.0 Å². The number of anilines is 1. The molecule has 0 spiro atoms. The Kier molecular flexibility index (Phi) is 5.31. The molecule has 30 heavy (non-hydrogen) atoms. The quantitative estimate of drug-likeness (QED) is 0.582. The molecule has 0 bridgehead atoms. The molecule has 2 heterocycles. The average Bonchev–Trinajstić information content (AvgIpc) is 3.14. The van der Waals surface area contributed by atoms with Gasteiger partial charge in [-0.1, -0.05) is 19.3 Å². The van der Waals surface area contributed by atoms with Crippen LogP contribution in [0, 0.1) is 18.6 Å². The van der Waals surface area contributed by atoms with Crippen molar-refractivity contribution in [3.8, 4) is 0 Å². The number of nitrogens with one attached hydrogen (secondary N) is 2. The summed E-state index contributed by atoms with van der Waals surface area (Å²) in [6, 6.07) is 3.59. The van der Waals surface area contributed by atoms with E-state index in [-0.39, 0.29) is 5.56 Å². The summed E-state index contributed by atoms with van der Waals surface area (Å²) in [5.41, 5.74) is 0.0250. The predicted molar refractivity (Wildman–Crippen MR) is 110 cm³/mol. The molecular formula is C21H21F2N3O3S. The number of sulfonamides is 1. The largest absolute Gasteiger partial charge is 0.345 e. The fraction of sp³-hybridized carbons (Fsp3) is 0.333. The Balaban J connectivity index is 1.72. The van der Waals surface area contributed by atoms with Gasteiger partial charge in [-0.3, -0.25) is 9.52 Å². The van der Waals surface area contributed by atoms with Gasteiger partial charge in [0.2, 0.25) is 15.8 Å². The molecule has 2 aromatic heterocycles. The highest BCUT2D eigenvalue weighted by Gasteiger charge is 2.30. The van der Waals surface area contributed by atoms with Gasteiger partial charge in [-0.25, -0.2) is 22.2 Å². The smallest absolute Gasteiger partial charge is 0.235 e. The fourth-order valence-electron chi connectivity index (χ4n) is 3.88. The first-order valence-corrected chi connectivity index (χ1v) is 11.3. The summed E-state index contributed by atoms with van der Waals surface area (Å²) in [5.74, 6) is -3.18. The van der Waals surface area contributed by atoms with Crippen LogP contribution in [-0.2, 0) is 10.0 Å². The Morgan fingerprint density at radius 1 is 1.20 bits per heavy atom. The number of aromatic amines is 1. The van der Waals surface area contributed by atoms with Gasteiger partial charge >= 0.3 is 0 Å². The van der Waals surface area contributed by atoms with Crippen LogP contribution in [0.25, 0.3) is 11.0 Å². The number of hydrogen-bond acceptors (Lipinski definition) is 4. The lowest BCUT2D eigenvalue weighted by molar-refractivity contribution is 0.103. The summed E-state index contributed by atoms with van der Waals surface area (Å²) in [6.45, 7) is 1.79. The van der Waals surface area contributed by atoms with Gasteiger partial charge in [-0.05, 0) is 43.5 Å². The van der Waals surface area contributed by atoms with Crippen molar-refractivity contribution in [2.75, 3.05) is 4.72 Å². The van der Waals surface area contributed by atoms with Crippen LogP contribution in [0.2, 0.25) is 0 Å². The molecule has 2 N–H and O–H groups in total. The SMILES string of the molecule is Cc1cnc2[nH]cc(C(=O)c3c(F)ccc(NS(=O)(=O)C4CCCCC4)c3F)c2c1. The zero-order valence-corrected chi connectivity index (χ0v) is 17.2. The Morgan fingerprint density at radius 3 is 2.67 bits per heavy atom. The summed E-state index contributed by atoms with van der Waals surface area (Å²) < 4.78 is 57.1. The number of fused-ring (bicyclic) bond motifs is 1. The van der Waals surface area contributed by atoms with E-state index >= 15 is 4.39 Å². The highest BCUT2D eigenvalue weighted by molar-refractivity contribution is 7.93. The van der Waals surface area contributed by atoms with Gasteiger partial charge in [-0.2, -0.15) is 0 Å². The lowest BCUT2D eigenvalue weighted by Gasteiger charge is -2.22. The minimum Gasteiger partial charge on any atom is -0.345 e. The molecular weight excluding hydrogens is 412 g/mol. The van der Waals surface area contributed by atoms with Crippen LogP contribution in [0.1, 0.15) is 53.6 Å². The maximum Gasteiger partial charge on any atom is 0.235 e. The predicted octanol–water partition coefficient (Wildman–Crippen LogP) is 4.45. The monoisotopic (exact) mass is 433 g/mol. The second-order valence-corrected chi connectivity index (χ2v) is 9.59. The first-order valence-electron chi connectivity index (χ1n) is 9.76. The van der Waals surface area contributed by atoms with Crippen molar-refractivity contribution in [3.63, 3.8) is 0 Å². The molecule has 0 radical (unpaired) electrons. The molecule has 3 aromatic rings. The van der Waals surface area contributed by atoms with Crippen LogP contribution < -0.4 is 4.72 Å². The molecule has 1 aliphatic carbocycles. The van der Waals surface area contributed by atoms with Crippen molar-refractivity contribution in [1.29, 1.82) is 0 Å². The van der Waals surface area contributed by atoms with Gasteiger partial charge in [0.1, 0.15) is 11.5 Å². The number of benzene rings is 1. The number of carbonyl (C=O) groups excluding carboxylic acids is 1. The van der Waals surface area contributed by atoms with Crippen LogP contribution in [0.15, 0.2) is 30.6 Å². The summed E-state index contributed by atoms with van der Waals surface area (Å²) in [6.07, 6.45) is 6.47. The summed E-state index contributed by atoms with van der Waals surface area (Å²) >= 11 is 0. The number of halogens is 2. The molecule has 0 saturated heterocycles. The first-order chi connectivity index (χ1) is 14.3. The highest BCUT2D eigenvalue weighted by atomic mass is 32.2. The number of aryl methyl sites for hydroxylation is 1. The lowest BCUT2D eigenvalue weighted by atomic mass is 10.0. The average molecular weight is 433 g/mol. The van der Waals surface area contributed by atoms with Crippen LogP contribution in [0.5, 0.6) is 0 Å². The fourth-order valence-corrected chi connectivity index (χ4v) is 5.47. The Hall–Kier alpha value is -2.81. The van der Waals surface area contributed by atoms with Crippen molar-refractivity contribution in [1.82, 2.24) is 9.97 Å². The van der Waals surface area contributed by atoms with E-state index in [1.54, 1.807) is 19.2 Å². The zero-order valence-electron chi connectivity index (χ0n) is 16.3. The number of aromatic nitrogens is 2. The number of carbonyl (C=O) groups is 1. The standard InChI is InChI=1S/C21H21F2N3O3S/c1-12-9-14-15(11-25-21(14)24-10-12)20(27)18-16(22)7-8-17(19(18)23)26-30(28,29)13-5-3-2-4-6-13/h7-11,13,26H,2-6H2,1H3,(H,24,25). The number of hydrogen-bond donors (Lipinski definition) is 2. The molecule has 158 valence electrons. The summed E-state index contributed by atoms with van der Waals surface area (Å²) in [5, 5.41) is -0.190. The van der Waals surface area contributed by atoms with Gasteiger partial charge < -0.3 is 4.98 Å². The van der Waals surface area contributed by atoms with E-state index in [1.807, 2.05) is 0 Å². The molecule has 1 fully saturated rings. The highest BCUT2D eigenvalue weighted by Crippen LogP contribution is 2.30.